The van der Waals surface area contributed by atoms with Crippen molar-refractivity contribution in [2.24, 2.45) is 5.73 Å². The van der Waals surface area contributed by atoms with Crippen molar-refractivity contribution in [1.82, 2.24) is 4.90 Å². The molecule has 0 radical (unpaired) electrons. The monoisotopic (exact) mass is 284 g/mol. The Balaban J connectivity index is 1.88. The molecule has 0 amide bonds. The van der Waals surface area contributed by atoms with E-state index in [9.17, 15) is 0 Å². The molecule has 0 spiro atoms. The Hall–Kier alpha value is -0.0900. The van der Waals surface area contributed by atoms with E-state index in [1.165, 1.54) is 56.5 Å². The van der Waals surface area contributed by atoms with Crippen molar-refractivity contribution < 1.29 is 0 Å². The first kappa shape index (κ1) is 12.9. The normalized spacial score (nSPS) is 25.7. The summed E-state index contributed by atoms with van der Waals surface area (Å²) in [6, 6.07) is 4.23. The molecule has 1 aromatic rings. The Morgan fingerprint density at radius 3 is 2.39 bits per heavy atom. The molecule has 1 atom stereocenters. The van der Waals surface area contributed by atoms with Crippen molar-refractivity contribution in [2.45, 2.75) is 50.1 Å². The summed E-state index contributed by atoms with van der Waals surface area (Å²) in [4.78, 5) is 3.92. The van der Waals surface area contributed by atoms with E-state index in [2.05, 4.69) is 11.0 Å². The minimum atomic E-state index is 0.135. The standard InChI is InChI=1S/C14H21ClN2S/c15-12-6-5-11(18-12)13(16)14(7-1-2-8-14)17-9-3-4-10-17/h5-6,13H,1-4,7-10,16H2. The molecule has 2 fully saturated rings. The molecule has 3 rings (SSSR count). The fraction of sp³-hybridized carbons (Fsp3) is 0.714. The van der Waals surface area contributed by atoms with Gasteiger partial charge in [-0.25, -0.2) is 0 Å². The first-order chi connectivity index (χ1) is 8.72. The van der Waals surface area contributed by atoms with E-state index in [1.807, 2.05) is 6.07 Å². The third-order valence-corrected chi connectivity index (χ3v) is 6.00. The van der Waals surface area contributed by atoms with Crippen LogP contribution < -0.4 is 5.73 Å². The van der Waals surface area contributed by atoms with Gasteiger partial charge in [0.25, 0.3) is 0 Å². The van der Waals surface area contributed by atoms with Gasteiger partial charge in [0.15, 0.2) is 0 Å². The van der Waals surface area contributed by atoms with E-state index < -0.39 is 0 Å². The zero-order valence-corrected chi connectivity index (χ0v) is 12.3. The molecule has 2 aliphatic rings. The Labute approximate surface area is 118 Å². The summed E-state index contributed by atoms with van der Waals surface area (Å²) in [7, 11) is 0. The zero-order chi connectivity index (χ0) is 12.6. The summed E-state index contributed by atoms with van der Waals surface area (Å²) >= 11 is 7.72. The van der Waals surface area contributed by atoms with E-state index in [0.717, 1.165) is 4.34 Å². The molecule has 1 aliphatic carbocycles. The van der Waals surface area contributed by atoms with E-state index in [0.29, 0.717) is 0 Å². The maximum atomic E-state index is 6.64. The second-order valence-electron chi connectivity index (χ2n) is 5.62. The van der Waals surface area contributed by atoms with Gasteiger partial charge in [0.1, 0.15) is 0 Å². The number of hydrogen-bond donors (Lipinski definition) is 1. The van der Waals surface area contributed by atoms with Crippen molar-refractivity contribution in [2.75, 3.05) is 13.1 Å². The molecule has 2 N–H and O–H groups in total. The van der Waals surface area contributed by atoms with Crippen molar-refractivity contribution in [3.8, 4) is 0 Å². The average Bonchev–Trinajstić information content (AvgIpc) is 3.09. The number of halogens is 1. The van der Waals surface area contributed by atoms with E-state index in [1.54, 1.807) is 11.3 Å². The molecule has 0 bridgehead atoms. The molecule has 0 aromatic carbocycles. The van der Waals surface area contributed by atoms with Crippen molar-refractivity contribution in [3.05, 3.63) is 21.3 Å². The van der Waals surface area contributed by atoms with Gasteiger partial charge in [-0.1, -0.05) is 24.4 Å². The van der Waals surface area contributed by atoms with E-state index >= 15 is 0 Å². The third-order valence-electron chi connectivity index (χ3n) is 4.68. The highest BCUT2D eigenvalue weighted by Crippen LogP contribution is 2.46. The lowest BCUT2D eigenvalue weighted by Gasteiger charge is -2.43. The molecule has 2 nitrogen and oxygen atoms in total. The fourth-order valence-electron chi connectivity index (χ4n) is 3.73. The SMILES string of the molecule is NC(c1ccc(Cl)s1)C1(N2CCCC2)CCCC1. The van der Waals surface area contributed by atoms with Crippen molar-refractivity contribution in [3.63, 3.8) is 0 Å². The topological polar surface area (TPSA) is 29.3 Å². The lowest BCUT2D eigenvalue weighted by atomic mass is 9.86. The maximum Gasteiger partial charge on any atom is 0.0931 e. The largest absolute Gasteiger partial charge is 0.322 e. The van der Waals surface area contributed by atoms with Gasteiger partial charge in [-0.2, -0.15) is 0 Å². The molecular formula is C14H21ClN2S. The van der Waals surface area contributed by atoms with Crippen molar-refractivity contribution in [1.29, 1.82) is 0 Å². The average molecular weight is 285 g/mol. The Morgan fingerprint density at radius 1 is 1.17 bits per heavy atom. The highest BCUT2D eigenvalue weighted by Gasteiger charge is 2.46. The van der Waals surface area contributed by atoms with Crippen LogP contribution in [0.2, 0.25) is 4.34 Å². The van der Waals surface area contributed by atoms with Crippen LogP contribution >= 0.6 is 22.9 Å². The Bertz CT molecular complexity index is 406. The molecule has 1 saturated carbocycles. The van der Waals surface area contributed by atoms with E-state index in [4.69, 9.17) is 17.3 Å². The molecule has 1 unspecified atom stereocenters. The van der Waals surface area contributed by atoms with E-state index in [-0.39, 0.29) is 11.6 Å². The predicted molar refractivity (Wildman–Crippen MR) is 78.3 cm³/mol. The summed E-state index contributed by atoms with van der Waals surface area (Å²) in [5.41, 5.74) is 6.85. The van der Waals surface area contributed by atoms with Crippen LogP contribution in [0.15, 0.2) is 12.1 Å². The number of likely N-dealkylation sites (tertiary alicyclic amines) is 1. The Morgan fingerprint density at radius 2 is 1.83 bits per heavy atom. The van der Waals surface area contributed by atoms with Gasteiger partial charge in [0, 0.05) is 10.4 Å². The molecular weight excluding hydrogens is 264 g/mol. The Kier molecular flexibility index (Phi) is 3.68. The van der Waals surface area contributed by atoms with Gasteiger partial charge in [-0.05, 0) is 50.9 Å². The third kappa shape index (κ3) is 2.11. The maximum absolute atomic E-state index is 6.64. The second-order valence-corrected chi connectivity index (χ2v) is 7.37. The van der Waals surface area contributed by atoms with Gasteiger partial charge in [-0.3, -0.25) is 4.90 Å². The molecule has 4 heteroatoms. The number of nitrogens with zero attached hydrogens (tertiary/aromatic N) is 1. The molecule has 1 aromatic heterocycles. The number of hydrogen-bond acceptors (Lipinski definition) is 3. The van der Waals surface area contributed by atoms with Crippen molar-refractivity contribution >= 4 is 22.9 Å². The van der Waals surface area contributed by atoms with Gasteiger partial charge in [-0.15, -0.1) is 11.3 Å². The summed E-state index contributed by atoms with van der Waals surface area (Å²) in [6.45, 7) is 2.46. The van der Waals surface area contributed by atoms with Crippen LogP contribution in [0.25, 0.3) is 0 Å². The minimum absolute atomic E-state index is 0.135. The fourth-order valence-corrected chi connectivity index (χ4v) is 4.91. The zero-order valence-electron chi connectivity index (χ0n) is 10.7. The smallest absolute Gasteiger partial charge is 0.0931 e. The number of thiophene rings is 1. The first-order valence-corrected chi connectivity index (χ1v) is 8.18. The molecule has 100 valence electrons. The predicted octanol–water partition coefficient (Wildman–Crippen LogP) is 3.81. The molecule has 1 aliphatic heterocycles. The first-order valence-electron chi connectivity index (χ1n) is 6.98. The van der Waals surface area contributed by atoms with Gasteiger partial charge in [0.2, 0.25) is 0 Å². The quantitative estimate of drug-likeness (QED) is 0.914. The lowest BCUT2D eigenvalue weighted by molar-refractivity contribution is 0.0934. The summed E-state index contributed by atoms with van der Waals surface area (Å²) in [5.74, 6) is 0. The van der Waals surface area contributed by atoms with Crippen LogP contribution in [0.5, 0.6) is 0 Å². The summed E-state index contributed by atoms with van der Waals surface area (Å²) in [5, 5.41) is 0. The van der Waals surface area contributed by atoms with Gasteiger partial charge in [0.05, 0.1) is 10.4 Å². The number of rotatable bonds is 3. The minimum Gasteiger partial charge on any atom is -0.322 e. The van der Waals surface area contributed by atoms with Crippen LogP contribution in [-0.4, -0.2) is 23.5 Å². The highest BCUT2D eigenvalue weighted by molar-refractivity contribution is 7.16. The van der Waals surface area contributed by atoms with Crippen LogP contribution in [0.4, 0.5) is 0 Å². The molecule has 2 heterocycles. The summed E-state index contributed by atoms with van der Waals surface area (Å²) < 4.78 is 0.856. The van der Waals surface area contributed by atoms with Gasteiger partial charge >= 0.3 is 0 Å². The van der Waals surface area contributed by atoms with Crippen LogP contribution in [0.1, 0.15) is 49.4 Å². The lowest BCUT2D eigenvalue weighted by Crippen LogP contribution is -2.52. The van der Waals surface area contributed by atoms with Crippen LogP contribution in [0.3, 0.4) is 0 Å². The van der Waals surface area contributed by atoms with Crippen LogP contribution in [-0.2, 0) is 0 Å². The molecule has 18 heavy (non-hydrogen) atoms. The molecule has 1 saturated heterocycles. The van der Waals surface area contributed by atoms with Gasteiger partial charge < -0.3 is 5.73 Å². The second kappa shape index (κ2) is 5.12. The highest BCUT2D eigenvalue weighted by atomic mass is 35.5. The summed E-state index contributed by atoms with van der Waals surface area (Å²) in [6.07, 6.45) is 7.82. The number of nitrogens with two attached hydrogens (primary N) is 1. The van der Waals surface area contributed by atoms with Crippen LogP contribution in [0, 0.1) is 0 Å².